The van der Waals surface area contributed by atoms with Gasteiger partial charge in [0.2, 0.25) is 17.7 Å². The number of carboxylic acid groups (broad SMARTS) is 1. The van der Waals surface area contributed by atoms with Crippen molar-refractivity contribution in [2.75, 3.05) is 38.6 Å². The summed E-state index contributed by atoms with van der Waals surface area (Å²) in [7, 11) is 0. The molecule has 0 spiro atoms. The van der Waals surface area contributed by atoms with Crippen LogP contribution in [0.4, 0.5) is 13.2 Å². The molecule has 0 radical (unpaired) electrons. The van der Waals surface area contributed by atoms with Crippen LogP contribution in [-0.2, 0) is 66.3 Å². The van der Waals surface area contributed by atoms with Crippen molar-refractivity contribution < 1.29 is 186 Å². The number of carbonyl (C=O) groups is 8. The predicted octanol–water partition coefficient (Wildman–Crippen LogP) is -0.990. The van der Waals surface area contributed by atoms with Crippen LogP contribution in [0, 0.1) is 17.5 Å². The topological polar surface area (TPSA) is 403 Å². The Morgan fingerprint density at radius 3 is 1.43 bits per heavy atom. The number of nitrogens with zero attached hydrogens (tertiary/aromatic N) is 5. The zero-order valence-electron chi connectivity index (χ0n) is 54.4. The third kappa shape index (κ3) is 34.4. The molecule has 34 heteroatoms. The molecule has 2 heterocycles. The Hall–Kier alpha value is -5.02. The van der Waals surface area contributed by atoms with Crippen LogP contribution in [0.1, 0.15) is 87.1 Å². The molecule has 13 N–H and O–H groups in total. The Bertz CT molecular complexity index is 3680. The van der Waals surface area contributed by atoms with E-state index in [0.29, 0.717) is 52.4 Å². The molecular formula is C61H74Cl4F3K2N11O14. The van der Waals surface area contributed by atoms with Gasteiger partial charge in [-0.2, -0.15) is 10.2 Å². The van der Waals surface area contributed by atoms with E-state index in [0.717, 1.165) is 0 Å². The van der Waals surface area contributed by atoms with Crippen molar-refractivity contribution in [3.8, 4) is 0 Å². The Labute approximate surface area is 652 Å². The van der Waals surface area contributed by atoms with Gasteiger partial charge in [0, 0.05) is 61.0 Å². The second kappa shape index (κ2) is 44.8. The fourth-order valence-electron chi connectivity index (χ4n) is 7.53. The maximum absolute atomic E-state index is 14.1. The molecule has 0 saturated carbocycles. The van der Waals surface area contributed by atoms with E-state index in [2.05, 4.69) is 31.0 Å². The number of primary amides is 2. The predicted molar refractivity (Wildman–Crippen MR) is 342 cm³/mol. The van der Waals surface area contributed by atoms with E-state index in [4.69, 9.17) is 83.9 Å². The van der Waals surface area contributed by atoms with Crippen LogP contribution < -0.4 is 141 Å². The number of rotatable bonds is 24. The number of benzene rings is 5. The molecule has 7 rings (SSSR count). The number of aromatic nitrogens is 4. The van der Waals surface area contributed by atoms with Gasteiger partial charge in [0.05, 0.1) is 61.9 Å². The summed E-state index contributed by atoms with van der Waals surface area (Å²) in [5.74, 6) is -5.49. The van der Waals surface area contributed by atoms with Crippen LogP contribution >= 0.6 is 46.4 Å². The summed E-state index contributed by atoms with van der Waals surface area (Å²) in [6.07, 6.45) is 0.596. The van der Waals surface area contributed by atoms with Crippen LogP contribution in [0.25, 0.3) is 21.8 Å². The summed E-state index contributed by atoms with van der Waals surface area (Å²) in [5, 5.41) is 62.6. The number of para-hydroxylation sites is 2. The zero-order chi connectivity index (χ0) is 70.4. The van der Waals surface area contributed by atoms with E-state index in [1.807, 2.05) is 0 Å². The fraction of sp³-hybridized carbons (Fsp3) is 0.344. The van der Waals surface area contributed by atoms with Crippen molar-refractivity contribution in [1.29, 1.82) is 0 Å². The first-order valence-electron chi connectivity index (χ1n) is 27.7. The first kappa shape index (κ1) is 90.0. The fourth-order valence-corrected chi connectivity index (χ4v) is 8.25. The number of Topliss-reactive ketones (excluding diaryl/α,β-unsaturated/α-hetero) is 1. The number of aliphatic hydroxyl groups is 3. The monoisotopic (exact) mass is 1460 g/mol. The van der Waals surface area contributed by atoms with Gasteiger partial charge < -0.3 is 70.0 Å². The minimum atomic E-state index is -1.29. The third-order valence-corrected chi connectivity index (χ3v) is 13.0. The normalized spacial score (nSPS) is 10.6. The van der Waals surface area contributed by atoms with Gasteiger partial charge in [-0.05, 0) is 83.9 Å². The van der Waals surface area contributed by atoms with Crippen LogP contribution in [-0.4, -0.2) is 148 Å². The summed E-state index contributed by atoms with van der Waals surface area (Å²) in [5.41, 5.74) is 15.0. The van der Waals surface area contributed by atoms with E-state index >= 15 is 0 Å². The van der Waals surface area contributed by atoms with E-state index in [1.165, 1.54) is 52.4 Å². The van der Waals surface area contributed by atoms with Crippen molar-refractivity contribution in [2.24, 2.45) is 17.2 Å². The number of aliphatic carboxylic acids is 1. The van der Waals surface area contributed by atoms with Crippen molar-refractivity contribution in [3.63, 3.8) is 0 Å². The smallest absolute Gasteiger partial charge is 1.00 e. The van der Waals surface area contributed by atoms with Crippen molar-refractivity contribution >= 4 is 116 Å². The van der Waals surface area contributed by atoms with E-state index in [-0.39, 0.29) is 212 Å². The maximum Gasteiger partial charge on any atom is 1.00 e. The Morgan fingerprint density at radius 2 is 1.05 bits per heavy atom. The first-order chi connectivity index (χ1) is 43.5. The molecular weight excluding hydrogens is 1390 g/mol. The number of amides is 5. The van der Waals surface area contributed by atoms with E-state index in [9.17, 15) is 56.9 Å². The Kier molecular flexibility index (Phi) is 42.4. The van der Waals surface area contributed by atoms with Crippen LogP contribution in [0.3, 0.4) is 0 Å². The summed E-state index contributed by atoms with van der Waals surface area (Å²) in [6, 6.07) is 27.5. The number of hydrogen-bond acceptors (Lipinski definition) is 17. The molecule has 5 aromatic carbocycles. The molecule has 0 aliphatic heterocycles. The molecule has 0 aliphatic carbocycles. The van der Waals surface area contributed by atoms with Crippen molar-refractivity contribution in [3.05, 3.63) is 164 Å². The summed E-state index contributed by atoms with van der Waals surface area (Å²) in [6.45, 7) is 8.97. The van der Waals surface area contributed by atoms with Gasteiger partial charge in [-0.25, -0.2) is 13.2 Å². The molecule has 25 nitrogen and oxygen atoms in total. The summed E-state index contributed by atoms with van der Waals surface area (Å²) >= 11 is 22.3. The molecule has 0 fully saturated rings. The van der Waals surface area contributed by atoms with Gasteiger partial charge in [0.15, 0.2) is 11.4 Å². The number of nitrogens with two attached hydrogens (primary N) is 3. The second-order valence-electron chi connectivity index (χ2n) is 21.7. The number of aryl methyl sites for hydroxylation is 1. The van der Waals surface area contributed by atoms with Gasteiger partial charge in [0.1, 0.15) is 36.3 Å². The molecule has 5 amide bonds. The van der Waals surface area contributed by atoms with E-state index < -0.39 is 63.9 Å². The van der Waals surface area contributed by atoms with Gasteiger partial charge >= 0.3 is 109 Å². The van der Waals surface area contributed by atoms with Crippen LogP contribution in [0.5, 0.6) is 0 Å². The SMILES string of the molecule is CC(C)(O)CN.CC(C)(O)CN(CC(=O)NCc1cccc(Cl)c1F)C(=O)Cn1nc(C(N)=O)c2ccccc21.CC(C)(O)CNCC(=O)NCc1cccc(Cl)c1F.NC(=O)c1nn(CC(=O)O)c2ccccc12.O=C(CCl)CCc1cccc(Cl)c1F.O=CO[O-].[H-].[K+].[K+]. The summed E-state index contributed by atoms with van der Waals surface area (Å²) in [4.78, 5) is 93.9. The van der Waals surface area contributed by atoms with Crippen molar-refractivity contribution in [1.82, 2.24) is 40.4 Å². The molecule has 0 aliphatic rings. The molecule has 508 valence electrons. The number of fused-ring (bicyclic) bond motifs is 2. The molecule has 0 unspecified atom stereocenters. The largest absolute Gasteiger partial charge is 1.00 e. The van der Waals surface area contributed by atoms with Gasteiger partial charge in [-0.3, -0.25) is 47.7 Å². The quantitative estimate of drug-likeness (QED) is 0.0114. The second-order valence-corrected chi connectivity index (χ2v) is 23.2. The molecule has 2 aromatic heterocycles. The minimum absolute atomic E-state index is 0. The van der Waals surface area contributed by atoms with Gasteiger partial charge in [0.25, 0.3) is 18.3 Å². The third-order valence-electron chi connectivity index (χ3n) is 11.9. The number of carbonyl (C=O) groups excluding carboxylic acids is 7. The number of nitrogens with one attached hydrogen (secondary N) is 3. The van der Waals surface area contributed by atoms with Crippen LogP contribution in [0.15, 0.2) is 103 Å². The molecule has 0 atom stereocenters. The Morgan fingerprint density at radius 1 is 0.653 bits per heavy atom. The van der Waals surface area contributed by atoms with Gasteiger partial charge in [-0.15, -0.1) is 11.6 Å². The number of halogens is 7. The van der Waals surface area contributed by atoms with Gasteiger partial charge in [-0.1, -0.05) is 108 Å². The number of ketones is 1. The molecule has 7 aromatic rings. The van der Waals surface area contributed by atoms with E-state index in [1.54, 1.807) is 107 Å². The molecule has 0 bridgehead atoms. The average Bonchev–Trinajstić information content (AvgIpc) is 1.68. The number of hydrogen-bond donors (Lipinski definition) is 10. The van der Waals surface area contributed by atoms with Crippen molar-refractivity contribution in [2.45, 2.75) is 97.4 Å². The van der Waals surface area contributed by atoms with Crippen LogP contribution in [0.2, 0.25) is 15.1 Å². The molecule has 95 heavy (non-hydrogen) atoms. The average molecular weight is 1460 g/mol. The number of carboxylic acids is 1. The zero-order valence-corrected chi connectivity index (χ0v) is 62.6. The first-order valence-corrected chi connectivity index (χ1v) is 29.3. The minimum Gasteiger partial charge on any atom is -1.00 e. The standard InChI is InChI=1S/C23H25ClFN5O4.C13H18ClFN2O2.C10H9Cl2FO.C10H9N3O3.C4H11NO.CH2O3.2K.H/c1-23(2,34)13-29(11-18(31)27-10-14-6-5-8-16(24)20(14)25)19(32)12-30-17-9-4-3-7-15(17)21(28-30)22(26)33;1-13(2,19)8-16-7-11(18)17-6-9-4-3-5-10(14)12(9)15;11-6-8(14)5-4-7-2-1-3-9(12)10(7)13;11-10(16)9-6-3-1-2-4-7(6)13(12-9)5-8(14)15;1-4(2,6)3-5;2-1-4-3;;;/h3-9,34H,10-13H2,1-2H3,(H2,26,33)(H,27,31);3-5,16,19H,6-8H2,1-2H3,(H,17,18);1-3H,4-6H2;1-4H,5H2,(H2,11,16)(H,14,15);6H,3,5H2,1-2H3;1,3H;;;/q;;;;;;2*+1;-1/p-1. The molecule has 0 saturated heterocycles. The summed E-state index contributed by atoms with van der Waals surface area (Å²) < 4.78 is 43.5. The Balaban J connectivity index is 0. The number of alkyl halides is 1. The maximum atomic E-state index is 14.1.